The van der Waals surface area contributed by atoms with Crippen LogP contribution in [0.4, 0.5) is 5.69 Å². The second-order valence-corrected chi connectivity index (χ2v) is 7.65. The zero-order valence-electron chi connectivity index (χ0n) is 11.7. The second-order valence-electron chi connectivity index (χ2n) is 5.36. The third-order valence-electron chi connectivity index (χ3n) is 3.68. The van der Waals surface area contributed by atoms with Crippen molar-refractivity contribution < 1.29 is 8.42 Å². The van der Waals surface area contributed by atoms with Gasteiger partial charge in [0.2, 0.25) is 10.0 Å². The van der Waals surface area contributed by atoms with Crippen LogP contribution in [0.25, 0.3) is 0 Å². The van der Waals surface area contributed by atoms with Gasteiger partial charge in [0.05, 0.1) is 11.4 Å². The number of rotatable bonds is 3. The predicted octanol–water partition coefficient (Wildman–Crippen LogP) is 3.62. The summed E-state index contributed by atoms with van der Waals surface area (Å²) in [6.45, 7) is 1.94. The van der Waals surface area contributed by atoms with Gasteiger partial charge in [-0.3, -0.25) is 4.31 Å². The van der Waals surface area contributed by atoms with Gasteiger partial charge >= 0.3 is 0 Å². The number of anilines is 1. The molecule has 0 N–H and O–H groups in total. The zero-order valence-corrected chi connectivity index (χ0v) is 13.2. The molecular formula is C16H16ClNO2S. The molecule has 1 aliphatic rings. The number of sulfonamides is 1. The lowest BCUT2D eigenvalue weighted by Crippen LogP contribution is -2.36. The summed E-state index contributed by atoms with van der Waals surface area (Å²) in [6, 6.07) is 14.6. The van der Waals surface area contributed by atoms with Crippen molar-refractivity contribution in [2.45, 2.75) is 25.1 Å². The summed E-state index contributed by atoms with van der Waals surface area (Å²) in [5, 5.41) is 0.553. The van der Waals surface area contributed by atoms with E-state index >= 15 is 0 Å². The Labute approximate surface area is 130 Å². The number of benzene rings is 2. The molecule has 2 aromatic carbocycles. The van der Waals surface area contributed by atoms with Crippen LogP contribution in [0.2, 0.25) is 5.02 Å². The average molecular weight is 322 g/mol. The first kappa shape index (κ1) is 14.4. The Kier molecular flexibility index (Phi) is 3.68. The average Bonchev–Trinajstić information content (AvgIpc) is 2.74. The molecule has 21 heavy (non-hydrogen) atoms. The fourth-order valence-electron chi connectivity index (χ4n) is 2.87. The van der Waals surface area contributed by atoms with E-state index in [4.69, 9.17) is 11.6 Å². The number of para-hydroxylation sites is 1. The van der Waals surface area contributed by atoms with Gasteiger partial charge < -0.3 is 0 Å². The van der Waals surface area contributed by atoms with Crippen LogP contribution in [0.3, 0.4) is 0 Å². The largest absolute Gasteiger partial charge is 0.267 e. The van der Waals surface area contributed by atoms with Crippen molar-refractivity contribution in [2.24, 2.45) is 0 Å². The first-order valence-corrected chi connectivity index (χ1v) is 8.80. The Bertz CT molecular complexity index is 773. The van der Waals surface area contributed by atoms with Gasteiger partial charge in [0.15, 0.2) is 0 Å². The number of nitrogens with zero attached hydrogens (tertiary/aromatic N) is 1. The van der Waals surface area contributed by atoms with Gasteiger partial charge in [0.1, 0.15) is 0 Å². The normalized spacial score (nSPS) is 17.8. The van der Waals surface area contributed by atoms with Gasteiger partial charge in [0.25, 0.3) is 0 Å². The lowest BCUT2D eigenvalue weighted by atomic mass is 10.1. The van der Waals surface area contributed by atoms with E-state index in [2.05, 4.69) is 0 Å². The molecule has 3 nitrogen and oxygen atoms in total. The van der Waals surface area contributed by atoms with Crippen molar-refractivity contribution in [3.63, 3.8) is 0 Å². The van der Waals surface area contributed by atoms with Crippen molar-refractivity contribution in [1.82, 2.24) is 0 Å². The SMILES string of the molecule is CC1Cc2ccccc2N1S(=O)(=O)Cc1cccc(Cl)c1. The van der Waals surface area contributed by atoms with Crippen molar-refractivity contribution in [3.8, 4) is 0 Å². The van der Waals surface area contributed by atoms with Crippen LogP contribution in [0.15, 0.2) is 48.5 Å². The standard InChI is InChI=1S/C16H16ClNO2S/c1-12-9-14-6-2-3-8-16(14)18(12)21(19,20)11-13-5-4-7-15(17)10-13/h2-8,10,12H,9,11H2,1H3. The summed E-state index contributed by atoms with van der Waals surface area (Å²) in [5.74, 6) is -0.0355. The molecule has 1 heterocycles. The molecule has 110 valence electrons. The monoisotopic (exact) mass is 321 g/mol. The molecule has 0 radical (unpaired) electrons. The lowest BCUT2D eigenvalue weighted by Gasteiger charge is -2.24. The molecule has 0 saturated heterocycles. The highest BCUT2D eigenvalue weighted by Gasteiger charge is 2.34. The highest BCUT2D eigenvalue weighted by molar-refractivity contribution is 7.92. The summed E-state index contributed by atoms with van der Waals surface area (Å²) in [5.41, 5.74) is 2.59. The first-order valence-electron chi connectivity index (χ1n) is 6.82. The Morgan fingerprint density at radius 2 is 1.95 bits per heavy atom. The highest BCUT2D eigenvalue weighted by Crippen LogP contribution is 2.35. The summed E-state index contributed by atoms with van der Waals surface area (Å²) >= 11 is 5.93. The first-order chi connectivity index (χ1) is 9.97. The smallest absolute Gasteiger partial charge is 0.239 e. The van der Waals surface area contributed by atoms with E-state index < -0.39 is 10.0 Å². The predicted molar refractivity (Wildman–Crippen MR) is 86.2 cm³/mol. The summed E-state index contributed by atoms with van der Waals surface area (Å²) < 4.78 is 27.1. The van der Waals surface area contributed by atoms with E-state index in [0.29, 0.717) is 10.6 Å². The minimum atomic E-state index is -3.42. The van der Waals surface area contributed by atoms with Gasteiger partial charge in [-0.25, -0.2) is 8.42 Å². The lowest BCUT2D eigenvalue weighted by molar-refractivity contribution is 0.583. The van der Waals surface area contributed by atoms with Crippen molar-refractivity contribution in [1.29, 1.82) is 0 Å². The molecule has 1 aliphatic heterocycles. The molecule has 0 fully saturated rings. The van der Waals surface area contributed by atoms with Gasteiger partial charge in [-0.05, 0) is 42.7 Å². The second kappa shape index (κ2) is 5.35. The van der Waals surface area contributed by atoms with E-state index in [0.717, 1.165) is 17.7 Å². The molecule has 3 rings (SSSR count). The summed E-state index contributed by atoms with van der Waals surface area (Å²) in [7, 11) is -3.42. The number of hydrogen-bond donors (Lipinski definition) is 0. The third kappa shape index (κ3) is 2.78. The van der Waals surface area contributed by atoms with E-state index in [1.54, 1.807) is 28.6 Å². The zero-order chi connectivity index (χ0) is 15.0. The Hall–Kier alpha value is -1.52. The van der Waals surface area contributed by atoms with E-state index in [-0.39, 0.29) is 11.8 Å². The molecule has 2 aromatic rings. The third-order valence-corrected chi connectivity index (χ3v) is 5.77. The van der Waals surface area contributed by atoms with Crippen molar-refractivity contribution >= 4 is 27.3 Å². The molecule has 1 atom stereocenters. The van der Waals surface area contributed by atoms with Crippen LogP contribution in [0.5, 0.6) is 0 Å². The Balaban J connectivity index is 1.95. The maximum atomic E-state index is 12.8. The molecule has 0 amide bonds. The summed E-state index contributed by atoms with van der Waals surface area (Å²) in [4.78, 5) is 0. The van der Waals surface area contributed by atoms with Gasteiger partial charge in [0, 0.05) is 11.1 Å². The van der Waals surface area contributed by atoms with E-state index in [9.17, 15) is 8.42 Å². The number of hydrogen-bond acceptors (Lipinski definition) is 2. The van der Waals surface area contributed by atoms with E-state index in [1.807, 2.05) is 31.2 Å². The Morgan fingerprint density at radius 1 is 1.19 bits per heavy atom. The topological polar surface area (TPSA) is 37.4 Å². The molecule has 0 saturated carbocycles. The van der Waals surface area contributed by atoms with Gasteiger partial charge in [-0.15, -0.1) is 0 Å². The summed E-state index contributed by atoms with van der Waals surface area (Å²) in [6.07, 6.45) is 0.755. The minimum absolute atomic E-state index is 0.0355. The maximum Gasteiger partial charge on any atom is 0.239 e. The quantitative estimate of drug-likeness (QED) is 0.866. The fraction of sp³-hybridized carbons (Fsp3) is 0.250. The highest BCUT2D eigenvalue weighted by atomic mass is 35.5. The van der Waals surface area contributed by atoms with Crippen LogP contribution < -0.4 is 4.31 Å². The van der Waals surface area contributed by atoms with Crippen LogP contribution in [0, 0.1) is 0 Å². The molecule has 0 bridgehead atoms. The molecule has 0 aromatic heterocycles. The number of fused-ring (bicyclic) bond motifs is 1. The van der Waals surface area contributed by atoms with Crippen LogP contribution in [-0.4, -0.2) is 14.5 Å². The minimum Gasteiger partial charge on any atom is -0.267 e. The van der Waals surface area contributed by atoms with Crippen LogP contribution in [0.1, 0.15) is 18.1 Å². The molecule has 0 aliphatic carbocycles. The molecule has 0 spiro atoms. The van der Waals surface area contributed by atoms with Gasteiger partial charge in [-0.1, -0.05) is 41.9 Å². The maximum absolute atomic E-state index is 12.8. The molecule has 1 unspecified atom stereocenters. The number of halogens is 1. The fourth-order valence-corrected chi connectivity index (χ4v) is 4.92. The molecule has 5 heteroatoms. The van der Waals surface area contributed by atoms with Crippen molar-refractivity contribution in [3.05, 3.63) is 64.7 Å². The van der Waals surface area contributed by atoms with Gasteiger partial charge in [-0.2, -0.15) is 0 Å². The Morgan fingerprint density at radius 3 is 2.71 bits per heavy atom. The molecular weight excluding hydrogens is 306 g/mol. The van der Waals surface area contributed by atoms with Crippen LogP contribution >= 0.6 is 11.6 Å². The van der Waals surface area contributed by atoms with E-state index in [1.165, 1.54) is 0 Å². The van der Waals surface area contributed by atoms with Crippen molar-refractivity contribution in [2.75, 3.05) is 4.31 Å². The van der Waals surface area contributed by atoms with Crippen LogP contribution in [-0.2, 0) is 22.2 Å².